The molecule has 0 aliphatic carbocycles. The van der Waals surface area contributed by atoms with Crippen LogP contribution in [0, 0.1) is 16.7 Å². The number of carbonyl (C=O) groups is 1. The molecule has 1 saturated heterocycles. The van der Waals surface area contributed by atoms with Gasteiger partial charge in [-0.1, -0.05) is 0 Å². The lowest BCUT2D eigenvalue weighted by molar-refractivity contribution is 0.00621. The molecule has 0 radical (unpaired) electrons. The van der Waals surface area contributed by atoms with Gasteiger partial charge in [-0.15, -0.1) is 0 Å². The first kappa shape index (κ1) is 14.8. The minimum absolute atomic E-state index is 0.300. The van der Waals surface area contributed by atoms with Crippen molar-refractivity contribution in [2.75, 3.05) is 26.8 Å². The fourth-order valence-electron chi connectivity index (χ4n) is 2.01. The summed E-state index contributed by atoms with van der Waals surface area (Å²) >= 11 is 0. The SMILES string of the molecule is COCC1(C#N)CCN(C(=O)OC(C)(C)C)CC1. The summed E-state index contributed by atoms with van der Waals surface area (Å²) in [5, 5.41) is 9.22. The molecule has 0 aromatic heterocycles. The summed E-state index contributed by atoms with van der Waals surface area (Å²) in [7, 11) is 1.60. The van der Waals surface area contributed by atoms with Gasteiger partial charge in [-0.05, 0) is 33.6 Å². The Morgan fingerprint density at radius 3 is 2.33 bits per heavy atom. The van der Waals surface area contributed by atoms with Gasteiger partial charge in [0.05, 0.1) is 18.1 Å². The van der Waals surface area contributed by atoms with Crippen molar-refractivity contribution < 1.29 is 14.3 Å². The molecule has 1 aliphatic rings. The molecule has 1 rings (SSSR count). The van der Waals surface area contributed by atoms with Crippen LogP contribution in [-0.4, -0.2) is 43.4 Å². The summed E-state index contributed by atoms with van der Waals surface area (Å²) in [4.78, 5) is 13.5. The lowest BCUT2D eigenvalue weighted by atomic mass is 9.81. The Balaban J connectivity index is 2.54. The maximum absolute atomic E-state index is 11.9. The highest BCUT2D eigenvalue weighted by atomic mass is 16.6. The van der Waals surface area contributed by atoms with E-state index in [2.05, 4.69) is 6.07 Å². The number of piperidine rings is 1. The highest BCUT2D eigenvalue weighted by Gasteiger charge is 2.37. The number of amides is 1. The molecule has 1 fully saturated rings. The third kappa shape index (κ3) is 3.88. The van der Waals surface area contributed by atoms with Crippen LogP contribution in [0.3, 0.4) is 0 Å². The van der Waals surface area contributed by atoms with Crippen LogP contribution in [0.5, 0.6) is 0 Å². The molecule has 1 aliphatic heterocycles. The molecule has 0 saturated carbocycles. The molecule has 5 nitrogen and oxygen atoms in total. The standard InChI is InChI=1S/C13H22N2O3/c1-12(2,3)18-11(16)15-7-5-13(9-14,6-8-15)10-17-4/h5-8,10H2,1-4H3. The molecule has 1 amide bonds. The van der Waals surface area contributed by atoms with Crippen molar-refractivity contribution in [3.63, 3.8) is 0 Å². The van der Waals surface area contributed by atoms with Gasteiger partial charge in [0.2, 0.25) is 0 Å². The van der Waals surface area contributed by atoms with Crippen molar-refractivity contribution >= 4 is 6.09 Å². The van der Waals surface area contributed by atoms with E-state index in [1.54, 1.807) is 12.0 Å². The van der Waals surface area contributed by atoms with Gasteiger partial charge < -0.3 is 14.4 Å². The molecule has 0 aromatic rings. The molecule has 0 spiro atoms. The molecule has 5 heteroatoms. The van der Waals surface area contributed by atoms with E-state index in [9.17, 15) is 10.1 Å². The third-order valence-electron chi connectivity index (χ3n) is 3.03. The Labute approximate surface area is 109 Å². The average molecular weight is 254 g/mol. The quantitative estimate of drug-likeness (QED) is 0.757. The number of nitriles is 1. The number of likely N-dealkylation sites (tertiary alicyclic amines) is 1. The minimum atomic E-state index is -0.479. The van der Waals surface area contributed by atoms with Crippen LogP contribution in [0.1, 0.15) is 33.6 Å². The smallest absolute Gasteiger partial charge is 0.410 e. The summed E-state index contributed by atoms with van der Waals surface area (Å²) in [5.74, 6) is 0. The molecule has 0 N–H and O–H groups in total. The van der Waals surface area contributed by atoms with Crippen molar-refractivity contribution in [1.29, 1.82) is 5.26 Å². The second kappa shape index (κ2) is 5.57. The van der Waals surface area contributed by atoms with Crippen molar-refractivity contribution in [2.45, 2.75) is 39.2 Å². The zero-order valence-corrected chi connectivity index (χ0v) is 11.7. The molecule has 102 valence electrons. The first-order valence-corrected chi connectivity index (χ1v) is 6.20. The number of hydrogen-bond acceptors (Lipinski definition) is 4. The summed E-state index contributed by atoms with van der Waals surface area (Å²) in [6.07, 6.45) is 0.971. The maximum atomic E-state index is 11.9. The van der Waals surface area contributed by atoms with Crippen LogP contribution in [0.4, 0.5) is 4.79 Å². The highest BCUT2D eigenvalue weighted by Crippen LogP contribution is 2.31. The van der Waals surface area contributed by atoms with Crippen LogP contribution in [0.25, 0.3) is 0 Å². The number of carbonyl (C=O) groups excluding carboxylic acids is 1. The van der Waals surface area contributed by atoms with Crippen LogP contribution < -0.4 is 0 Å². The molecular formula is C13H22N2O3. The molecule has 0 unspecified atom stereocenters. The second-order valence-corrected chi connectivity index (χ2v) is 5.79. The fourth-order valence-corrected chi connectivity index (χ4v) is 2.01. The van der Waals surface area contributed by atoms with E-state index in [-0.39, 0.29) is 6.09 Å². The third-order valence-corrected chi connectivity index (χ3v) is 3.03. The summed E-state index contributed by atoms with van der Waals surface area (Å²) < 4.78 is 10.4. The zero-order chi connectivity index (χ0) is 13.8. The highest BCUT2D eigenvalue weighted by molar-refractivity contribution is 5.68. The zero-order valence-electron chi connectivity index (χ0n) is 11.7. The first-order valence-electron chi connectivity index (χ1n) is 6.20. The molecule has 1 heterocycles. The maximum Gasteiger partial charge on any atom is 0.410 e. The van der Waals surface area contributed by atoms with Gasteiger partial charge in [-0.3, -0.25) is 0 Å². The minimum Gasteiger partial charge on any atom is -0.444 e. The van der Waals surface area contributed by atoms with Gasteiger partial charge >= 0.3 is 6.09 Å². The summed E-state index contributed by atoms with van der Waals surface area (Å²) in [6.45, 7) is 7.06. The molecule has 18 heavy (non-hydrogen) atoms. The predicted molar refractivity (Wildman–Crippen MR) is 67.0 cm³/mol. The first-order chi connectivity index (χ1) is 8.32. The van der Waals surface area contributed by atoms with Crippen LogP contribution >= 0.6 is 0 Å². The summed E-state index contributed by atoms with van der Waals surface area (Å²) in [6, 6.07) is 2.32. The van der Waals surface area contributed by atoms with E-state index in [1.807, 2.05) is 20.8 Å². The van der Waals surface area contributed by atoms with Gasteiger partial charge in [-0.2, -0.15) is 5.26 Å². The van der Waals surface area contributed by atoms with Crippen molar-refractivity contribution in [3.8, 4) is 6.07 Å². The second-order valence-electron chi connectivity index (χ2n) is 5.79. The lowest BCUT2D eigenvalue weighted by Gasteiger charge is -2.37. The Kier molecular flexibility index (Phi) is 4.58. The molecular weight excluding hydrogens is 232 g/mol. The molecule has 0 aromatic carbocycles. The summed E-state index contributed by atoms with van der Waals surface area (Å²) in [5.41, 5.74) is -0.930. The van der Waals surface area contributed by atoms with Crippen LogP contribution in [-0.2, 0) is 9.47 Å². The van der Waals surface area contributed by atoms with Crippen molar-refractivity contribution in [2.24, 2.45) is 5.41 Å². The fraction of sp³-hybridized carbons (Fsp3) is 0.846. The Hall–Kier alpha value is -1.28. The number of methoxy groups -OCH3 is 1. The van der Waals surface area contributed by atoms with E-state index < -0.39 is 11.0 Å². The lowest BCUT2D eigenvalue weighted by Crippen LogP contribution is -2.46. The van der Waals surface area contributed by atoms with E-state index >= 15 is 0 Å². The van der Waals surface area contributed by atoms with Crippen molar-refractivity contribution in [3.05, 3.63) is 0 Å². The van der Waals surface area contributed by atoms with E-state index in [1.165, 1.54) is 0 Å². The molecule has 0 atom stereocenters. The van der Waals surface area contributed by atoms with Crippen molar-refractivity contribution in [1.82, 2.24) is 4.90 Å². The number of nitrogens with zero attached hydrogens (tertiary/aromatic N) is 2. The Bertz CT molecular complexity index is 333. The van der Waals surface area contributed by atoms with Gasteiger partial charge in [0.25, 0.3) is 0 Å². The van der Waals surface area contributed by atoms with Gasteiger partial charge in [0.15, 0.2) is 0 Å². The Morgan fingerprint density at radius 2 is 1.94 bits per heavy atom. The predicted octanol–water partition coefficient (Wildman–Crippen LogP) is 2.17. The van der Waals surface area contributed by atoms with Crippen LogP contribution in [0.2, 0.25) is 0 Å². The largest absolute Gasteiger partial charge is 0.444 e. The normalized spacial score (nSPS) is 19.2. The van der Waals surface area contributed by atoms with Gasteiger partial charge in [-0.25, -0.2) is 4.79 Å². The monoisotopic (exact) mass is 254 g/mol. The number of ether oxygens (including phenoxy) is 2. The van der Waals surface area contributed by atoms with Gasteiger partial charge in [0.1, 0.15) is 5.60 Å². The van der Waals surface area contributed by atoms with E-state index in [0.29, 0.717) is 32.5 Å². The van der Waals surface area contributed by atoms with E-state index in [0.717, 1.165) is 0 Å². The molecule has 0 bridgehead atoms. The Morgan fingerprint density at radius 1 is 1.39 bits per heavy atom. The number of rotatable bonds is 2. The van der Waals surface area contributed by atoms with Crippen LogP contribution in [0.15, 0.2) is 0 Å². The van der Waals surface area contributed by atoms with Gasteiger partial charge in [0, 0.05) is 20.2 Å². The average Bonchev–Trinajstić information content (AvgIpc) is 2.28. The topological polar surface area (TPSA) is 62.6 Å². The number of hydrogen-bond donors (Lipinski definition) is 0. The van der Waals surface area contributed by atoms with E-state index in [4.69, 9.17) is 9.47 Å².